The van der Waals surface area contributed by atoms with Gasteiger partial charge in [-0.25, -0.2) is 22.9 Å². The molecule has 6 atom stereocenters. The van der Waals surface area contributed by atoms with Crippen molar-refractivity contribution in [2.24, 2.45) is 0 Å². The first-order valence-corrected chi connectivity index (χ1v) is 16.8. The standard InChI is InChI=1S/C37H33F3N6O4/c1-4-23-25(39)10-8-20-6-5-7-24(27(20)23)30-29(40)31-28-33(43-35(42-31)49-17-37-14-21(38)15-44(37)13-12-18(37)2)45-16-22-9-11-26(46(22)36(47)48)32(45)19(3)50-34(28)41-30/h1,5-8,10,19,21-22,26,32H,2,9,11-17H2,3H3,(H,47,48). The van der Waals surface area contributed by atoms with Gasteiger partial charge in [0.1, 0.15) is 47.1 Å². The highest BCUT2D eigenvalue weighted by Gasteiger charge is 2.54. The quantitative estimate of drug-likeness (QED) is 0.214. The fourth-order valence-corrected chi connectivity index (χ4v) is 9.24. The second-order valence-corrected chi connectivity index (χ2v) is 14.0. The molecule has 2 aromatic carbocycles. The van der Waals surface area contributed by atoms with Gasteiger partial charge in [0.2, 0.25) is 5.88 Å². The lowest BCUT2D eigenvalue weighted by Gasteiger charge is -2.47. The molecule has 5 aliphatic heterocycles. The van der Waals surface area contributed by atoms with Gasteiger partial charge in [0.05, 0.1) is 29.2 Å². The number of amides is 1. The van der Waals surface area contributed by atoms with Crippen molar-refractivity contribution in [3.8, 4) is 35.5 Å². The Morgan fingerprint density at radius 1 is 1.18 bits per heavy atom. The van der Waals surface area contributed by atoms with Crippen molar-refractivity contribution < 1.29 is 32.5 Å². The summed E-state index contributed by atoms with van der Waals surface area (Å²) >= 11 is 0. The predicted molar refractivity (Wildman–Crippen MR) is 179 cm³/mol. The number of fused-ring (bicyclic) bond motifs is 7. The maximum absolute atomic E-state index is 17.2. The lowest BCUT2D eigenvalue weighted by atomic mass is 9.90. The monoisotopic (exact) mass is 682 g/mol. The van der Waals surface area contributed by atoms with E-state index in [1.54, 1.807) is 24.3 Å². The third kappa shape index (κ3) is 4.27. The molecule has 0 spiro atoms. The lowest BCUT2D eigenvalue weighted by Crippen LogP contribution is -2.64. The lowest BCUT2D eigenvalue weighted by molar-refractivity contribution is 0.0706. The van der Waals surface area contributed by atoms with Gasteiger partial charge >= 0.3 is 12.1 Å². The van der Waals surface area contributed by atoms with Crippen LogP contribution in [-0.4, -0.2) is 98.1 Å². The molecule has 6 unspecified atom stereocenters. The van der Waals surface area contributed by atoms with E-state index in [9.17, 15) is 14.3 Å². The Hall–Kier alpha value is -5.09. The van der Waals surface area contributed by atoms with Crippen molar-refractivity contribution in [2.75, 3.05) is 31.1 Å². The summed E-state index contributed by atoms with van der Waals surface area (Å²) < 4.78 is 59.7. The number of carbonyl (C=O) groups is 1. The molecule has 4 fully saturated rings. The SMILES string of the molecule is C#Cc1c(F)ccc2cccc(-c3nc4c5c(nc(OCC67CC(F)CN6CCC7=C)nc5c3F)N3CC5CCC(C3C(C)O4)N5C(=O)O)c12. The first-order valence-electron chi connectivity index (χ1n) is 16.8. The minimum Gasteiger partial charge on any atom is -0.472 e. The van der Waals surface area contributed by atoms with Crippen LogP contribution in [-0.2, 0) is 0 Å². The van der Waals surface area contributed by atoms with Gasteiger partial charge in [0, 0.05) is 37.0 Å². The van der Waals surface area contributed by atoms with Crippen LogP contribution in [0.3, 0.4) is 0 Å². The molecule has 10 nitrogen and oxygen atoms in total. The summed E-state index contributed by atoms with van der Waals surface area (Å²) in [6.45, 7) is 7.32. The number of terminal acetylenes is 1. The number of hydrogen-bond acceptors (Lipinski definition) is 8. The summed E-state index contributed by atoms with van der Waals surface area (Å²) in [4.78, 5) is 32.1. The van der Waals surface area contributed by atoms with E-state index in [2.05, 4.69) is 17.5 Å². The second kappa shape index (κ2) is 11.0. The molecule has 9 rings (SSSR count). The van der Waals surface area contributed by atoms with Crippen molar-refractivity contribution in [3.05, 3.63) is 59.7 Å². The van der Waals surface area contributed by atoms with E-state index >= 15 is 8.78 Å². The van der Waals surface area contributed by atoms with Crippen LogP contribution in [0.2, 0.25) is 0 Å². The fraction of sp³-hybridized carbons (Fsp3) is 0.405. The number of anilines is 1. The molecule has 2 aromatic heterocycles. The molecule has 0 saturated carbocycles. The number of aromatic nitrogens is 3. The molecular formula is C37H33F3N6O4. The van der Waals surface area contributed by atoms with Crippen LogP contribution >= 0.6 is 0 Å². The number of carboxylic acid groups (broad SMARTS) is 1. The number of piperazine rings is 1. The van der Waals surface area contributed by atoms with Crippen LogP contribution in [0.1, 0.15) is 38.2 Å². The Morgan fingerprint density at radius 3 is 2.82 bits per heavy atom. The fourth-order valence-electron chi connectivity index (χ4n) is 9.24. The smallest absolute Gasteiger partial charge is 0.407 e. The highest BCUT2D eigenvalue weighted by Crippen LogP contribution is 2.48. The van der Waals surface area contributed by atoms with Crippen molar-refractivity contribution >= 4 is 33.6 Å². The Balaban J connectivity index is 1.25. The number of benzene rings is 2. The van der Waals surface area contributed by atoms with Crippen molar-refractivity contribution in [3.63, 3.8) is 0 Å². The largest absolute Gasteiger partial charge is 0.472 e. The van der Waals surface area contributed by atoms with E-state index in [0.29, 0.717) is 48.9 Å². The number of ether oxygens (including phenoxy) is 2. The van der Waals surface area contributed by atoms with Crippen molar-refractivity contribution in [2.45, 2.75) is 68.5 Å². The van der Waals surface area contributed by atoms with Crippen LogP contribution in [0.4, 0.5) is 23.8 Å². The van der Waals surface area contributed by atoms with Crippen LogP contribution < -0.4 is 14.4 Å². The minimum atomic E-state index is -1.04. The van der Waals surface area contributed by atoms with Crippen LogP contribution in [0.25, 0.3) is 32.9 Å². The van der Waals surface area contributed by atoms with E-state index in [-0.39, 0.29) is 65.2 Å². The molecular weight excluding hydrogens is 649 g/mol. The molecule has 4 saturated heterocycles. The van der Waals surface area contributed by atoms with Crippen LogP contribution in [0.15, 0.2) is 42.5 Å². The summed E-state index contributed by atoms with van der Waals surface area (Å²) in [6, 6.07) is 6.59. The van der Waals surface area contributed by atoms with E-state index in [4.69, 9.17) is 25.9 Å². The maximum Gasteiger partial charge on any atom is 0.407 e. The number of rotatable bonds is 4. The topological polar surface area (TPSA) is 104 Å². The Labute approximate surface area is 285 Å². The molecule has 5 aliphatic rings. The first-order chi connectivity index (χ1) is 24.1. The number of alkyl halides is 1. The summed E-state index contributed by atoms with van der Waals surface area (Å²) in [5.74, 6) is 1.34. The molecule has 50 heavy (non-hydrogen) atoms. The van der Waals surface area contributed by atoms with Gasteiger partial charge in [0.25, 0.3) is 0 Å². The molecule has 7 heterocycles. The number of hydrogen-bond donors (Lipinski definition) is 1. The van der Waals surface area contributed by atoms with Gasteiger partial charge in [-0.3, -0.25) is 9.80 Å². The highest BCUT2D eigenvalue weighted by molar-refractivity contribution is 6.03. The second-order valence-electron chi connectivity index (χ2n) is 14.0. The third-order valence-corrected chi connectivity index (χ3v) is 11.5. The summed E-state index contributed by atoms with van der Waals surface area (Å²) in [7, 11) is 0. The minimum absolute atomic E-state index is 0.0200. The van der Waals surface area contributed by atoms with Crippen LogP contribution in [0, 0.1) is 24.0 Å². The zero-order valence-electron chi connectivity index (χ0n) is 27.2. The summed E-state index contributed by atoms with van der Waals surface area (Å²) in [5, 5.41) is 11.3. The molecule has 4 aromatic rings. The predicted octanol–water partition coefficient (Wildman–Crippen LogP) is 5.71. The van der Waals surface area contributed by atoms with E-state index in [1.165, 1.54) is 11.0 Å². The third-order valence-electron chi connectivity index (χ3n) is 11.5. The molecule has 256 valence electrons. The highest BCUT2D eigenvalue weighted by atomic mass is 19.1. The zero-order valence-corrected chi connectivity index (χ0v) is 27.2. The summed E-state index contributed by atoms with van der Waals surface area (Å²) in [5.41, 5.74) is 0.0749. The van der Waals surface area contributed by atoms with Crippen molar-refractivity contribution in [1.82, 2.24) is 24.8 Å². The van der Waals surface area contributed by atoms with Gasteiger partial charge in [0.15, 0.2) is 5.82 Å². The number of halogens is 3. The molecule has 1 N–H and O–H groups in total. The Morgan fingerprint density at radius 2 is 2.02 bits per heavy atom. The van der Waals surface area contributed by atoms with Crippen molar-refractivity contribution in [1.29, 1.82) is 0 Å². The normalized spacial score (nSPS) is 28.4. The van der Waals surface area contributed by atoms with E-state index < -0.39 is 47.6 Å². The van der Waals surface area contributed by atoms with E-state index in [0.717, 1.165) is 5.57 Å². The Kier molecular flexibility index (Phi) is 6.78. The number of nitrogens with zero attached hydrogens (tertiary/aromatic N) is 6. The summed E-state index contributed by atoms with van der Waals surface area (Å²) in [6.07, 6.45) is 5.32. The molecule has 13 heteroatoms. The molecule has 2 bridgehead atoms. The average Bonchev–Trinajstić information content (AvgIpc) is 3.68. The zero-order chi connectivity index (χ0) is 34.6. The van der Waals surface area contributed by atoms with Gasteiger partial charge in [-0.2, -0.15) is 9.97 Å². The van der Waals surface area contributed by atoms with Gasteiger partial charge in [-0.1, -0.05) is 42.3 Å². The molecule has 0 radical (unpaired) electrons. The van der Waals surface area contributed by atoms with Crippen LogP contribution in [0.5, 0.6) is 11.9 Å². The van der Waals surface area contributed by atoms with Gasteiger partial charge < -0.3 is 19.5 Å². The average molecular weight is 683 g/mol. The molecule has 0 aliphatic carbocycles. The Bertz CT molecular complexity index is 2190. The van der Waals surface area contributed by atoms with Gasteiger partial charge in [-0.05, 0) is 37.6 Å². The van der Waals surface area contributed by atoms with Gasteiger partial charge in [-0.15, -0.1) is 6.42 Å². The first kappa shape index (κ1) is 30.9. The molecule has 1 amide bonds. The maximum atomic E-state index is 17.2. The van der Waals surface area contributed by atoms with E-state index in [1.807, 2.05) is 16.7 Å². The number of pyridine rings is 1.